The molecule has 1 aromatic heterocycles. The Kier molecular flexibility index (Phi) is 5.37. The Hall–Kier alpha value is -2.36. The van der Waals surface area contributed by atoms with E-state index in [0.717, 1.165) is 23.2 Å². The normalized spacial score (nSPS) is 10.6. The van der Waals surface area contributed by atoms with E-state index in [9.17, 15) is 9.59 Å². The number of para-hydroxylation sites is 1. The van der Waals surface area contributed by atoms with Crippen molar-refractivity contribution in [1.29, 1.82) is 0 Å². The second-order valence-corrected chi connectivity index (χ2v) is 5.75. The number of amides is 1. The van der Waals surface area contributed by atoms with Crippen molar-refractivity contribution in [2.45, 2.75) is 47.0 Å². The molecule has 2 aromatic rings. The number of Topliss-reactive ketones (excluding diaryl/α,β-unsaturated/α-hetero) is 1. The monoisotopic (exact) mass is 313 g/mol. The Morgan fingerprint density at radius 1 is 1.22 bits per heavy atom. The lowest BCUT2D eigenvalue weighted by Crippen LogP contribution is -2.14. The maximum absolute atomic E-state index is 12.2. The molecule has 0 bridgehead atoms. The van der Waals surface area contributed by atoms with Crippen molar-refractivity contribution in [3.05, 3.63) is 52.5 Å². The molecule has 0 fully saturated rings. The van der Waals surface area contributed by atoms with Gasteiger partial charge in [0.05, 0.1) is 5.56 Å². The molecule has 0 spiro atoms. The highest BCUT2D eigenvalue weighted by molar-refractivity contribution is 5.95. The van der Waals surface area contributed by atoms with Crippen LogP contribution in [0.1, 0.15) is 53.3 Å². The van der Waals surface area contributed by atoms with Crippen LogP contribution in [0, 0.1) is 13.8 Å². The quantitative estimate of drug-likeness (QED) is 0.812. The van der Waals surface area contributed by atoms with Crippen LogP contribution in [0.3, 0.4) is 0 Å². The third-order valence-electron chi connectivity index (χ3n) is 3.95. The van der Waals surface area contributed by atoms with Crippen LogP contribution in [0.15, 0.2) is 28.7 Å². The topological polar surface area (TPSA) is 59.3 Å². The van der Waals surface area contributed by atoms with Crippen LogP contribution in [0.2, 0.25) is 0 Å². The Morgan fingerprint density at radius 2 is 1.96 bits per heavy atom. The van der Waals surface area contributed by atoms with Gasteiger partial charge in [-0.05, 0) is 44.4 Å². The van der Waals surface area contributed by atoms with Gasteiger partial charge in [0.2, 0.25) is 5.91 Å². The minimum Gasteiger partial charge on any atom is -0.466 e. The summed E-state index contributed by atoms with van der Waals surface area (Å²) in [6.45, 7) is 7.34. The smallest absolute Gasteiger partial charge is 0.224 e. The average Bonchev–Trinajstić information content (AvgIpc) is 2.88. The molecule has 0 saturated heterocycles. The van der Waals surface area contributed by atoms with Crippen LogP contribution < -0.4 is 5.32 Å². The standard InChI is InChI=1S/C19H23NO3/c1-5-15-8-6-7-12(2)19(15)20-18(22)10-9-16-11-17(13(3)21)14(4)23-16/h6-8,11H,5,9-10H2,1-4H3,(H,20,22). The molecule has 1 amide bonds. The summed E-state index contributed by atoms with van der Waals surface area (Å²) in [5.41, 5.74) is 3.68. The number of anilines is 1. The molecule has 0 unspecified atom stereocenters. The van der Waals surface area contributed by atoms with E-state index in [-0.39, 0.29) is 11.7 Å². The molecule has 2 rings (SSSR count). The van der Waals surface area contributed by atoms with E-state index in [1.807, 2.05) is 25.1 Å². The number of nitrogens with one attached hydrogen (secondary N) is 1. The minimum atomic E-state index is -0.0487. The molecule has 23 heavy (non-hydrogen) atoms. The van der Waals surface area contributed by atoms with Gasteiger partial charge in [-0.3, -0.25) is 9.59 Å². The number of carbonyl (C=O) groups is 2. The third kappa shape index (κ3) is 4.09. The van der Waals surface area contributed by atoms with E-state index in [0.29, 0.717) is 29.9 Å². The first-order valence-electron chi connectivity index (χ1n) is 7.91. The van der Waals surface area contributed by atoms with Gasteiger partial charge in [-0.2, -0.15) is 0 Å². The molecule has 1 heterocycles. The van der Waals surface area contributed by atoms with Crippen molar-refractivity contribution in [1.82, 2.24) is 0 Å². The van der Waals surface area contributed by atoms with E-state index in [1.165, 1.54) is 6.92 Å². The predicted octanol–water partition coefficient (Wildman–Crippen LogP) is 4.23. The molecular weight excluding hydrogens is 290 g/mol. The number of carbonyl (C=O) groups excluding carboxylic acids is 2. The molecule has 4 nitrogen and oxygen atoms in total. The van der Waals surface area contributed by atoms with Crippen molar-refractivity contribution in [3.63, 3.8) is 0 Å². The summed E-state index contributed by atoms with van der Waals surface area (Å²) >= 11 is 0. The molecule has 1 aromatic carbocycles. The van der Waals surface area contributed by atoms with E-state index in [4.69, 9.17) is 4.42 Å². The fraction of sp³-hybridized carbons (Fsp3) is 0.368. The second-order valence-electron chi connectivity index (χ2n) is 5.75. The zero-order valence-electron chi connectivity index (χ0n) is 14.2. The minimum absolute atomic E-state index is 0.0190. The number of hydrogen-bond donors (Lipinski definition) is 1. The molecule has 0 radical (unpaired) electrons. The maximum atomic E-state index is 12.2. The molecule has 1 N–H and O–H groups in total. The van der Waals surface area contributed by atoms with Gasteiger partial charge in [0, 0.05) is 18.5 Å². The summed E-state index contributed by atoms with van der Waals surface area (Å²) in [5, 5.41) is 3.00. The van der Waals surface area contributed by atoms with Crippen molar-refractivity contribution >= 4 is 17.4 Å². The average molecular weight is 313 g/mol. The highest BCUT2D eigenvalue weighted by Crippen LogP contribution is 2.22. The molecule has 0 aliphatic heterocycles. The van der Waals surface area contributed by atoms with Gasteiger partial charge in [0.15, 0.2) is 5.78 Å². The lowest BCUT2D eigenvalue weighted by molar-refractivity contribution is -0.116. The Morgan fingerprint density at radius 3 is 2.57 bits per heavy atom. The first-order chi connectivity index (χ1) is 10.9. The fourth-order valence-corrected chi connectivity index (χ4v) is 2.66. The zero-order chi connectivity index (χ0) is 17.0. The lowest BCUT2D eigenvalue weighted by Gasteiger charge is -2.12. The van der Waals surface area contributed by atoms with Gasteiger partial charge in [-0.15, -0.1) is 0 Å². The van der Waals surface area contributed by atoms with Crippen LogP contribution in [0.4, 0.5) is 5.69 Å². The Balaban J connectivity index is 2.01. The first kappa shape index (κ1) is 17.0. The van der Waals surface area contributed by atoms with E-state index in [1.54, 1.807) is 13.0 Å². The van der Waals surface area contributed by atoms with Crippen LogP contribution in [0.25, 0.3) is 0 Å². The van der Waals surface area contributed by atoms with Crippen molar-refractivity contribution < 1.29 is 14.0 Å². The molecule has 0 atom stereocenters. The lowest BCUT2D eigenvalue weighted by atomic mass is 10.1. The van der Waals surface area contributed by atoms with Crippen LogP contribution in [-0.4, -0.2) is 11.7 Å². The first-order valence-corrected chi connectivity index (χ1v) is 7.91. The zero-order valence-corrected chi connectivity index (χ0v) is 14.2. The van der Waals surface area contributed by atoms with E-state index < -0.39 is 0 Å². The molecule has 4 heteroatoms. The van der Waals surface area contributed by atoms with Gasteiger partial charge in [0.1, 0.15) is 11.5 Å². The van der Waals surface area contributed by atoms with Crippen molar-refractivity contribution in [3.8, 4) is 0 Å². The largest absolute Gasteiger partial charge is 0.466 e. The molecule has 0 saturated carbocycles. The summed E-state index contributed by atoms with van der Waals surface area (Å²) in [5.74, 6) is 1.21. The maximum Gasteiger partial charge on any atom is 0.224 e. The molecule has 0 aliphatic rings. The number of rotatable bonds is 6. The van der Waals surface area contributed by atoms with Crippen LogP contribution in [0.5, 0.6) is 0 Å². The van der Waals surface area contributed by atoms with Crippen molar-refractivity contribution in [2.75, 3.05) is 5.32 Å². The van der Waals surface area contributed by atoms with Gasteiger partial charge >= 0.3 is 0 Å². The number of ketones is 1. The third-order valence-corrected chi connectivity index (χ3v) is 3.95. The number of aryl methyl sites for hydroxylation is 4. The number of furan rings is 1. The fourth-order valence-electron chi connectivity index (χ4n) is 2.66. The van der Waals surface area contributed by atoms with Crippen LogP contribution in [-0.2, 0) is 17.6 Å². The van der Waals surface area contributed by atoms with Gasteiger partial charge in [-0.1, -0.05) is 25.1 Å². The Labute approximate surface area is 136 Å². The Bertz CT molecular complexity index is 728. The molecular formula is C19H23NO3. The van der Waals surface area contributed by atoms with Crippen LogP contribution >= 0.6 is 0 Å². The summed E-state index contributed by atoms with van der Waals surface area (Å²) in [6, 6.07) is 7.75. The van der Waals surface area contributed by atoms with Gasteiger partial charge < -0.3 is 9.73 Å². The highest BCUT2D eigenvalue weighted by Gasteiger charge is 2.13. The van der Waals surface area contributed by atoms with E-state index >= 15 is 0 Å². The van der Waals surface area contributed by atoms with E-state index in [2.05, 4.69) is 12.2 Å². The number of hydrogen-bond acceptors (Lipinski definition) is 3. The second kappa shape index (κ2) is 7.27. The summed E-state index contributed by atoms with van der Waals surface area (Å²) < 4.78 is 5.54. The summed E-state index contributed by atoms with van der Waals surface area (Å²) in [7, 11) is 0. The highest BCUT2D eigenvalue weighted by atomic mass is 16.3. The van der Waals surface area contributed by atoms with Gasteiger partial charge in [-0.25, -0.2) is 0 Å². The predicted molar refractivity (Wildman–Crippen MR) is 91.0 cm³/mol. The summed E-state index contributed by atoms with van der Waals surface area (Å²) in [6.07, 6.45) is 1.67. The SMILES string of the molecule is CCc1cccc(C)c1NC(=O)CCc1cc(C(C)=O)c(C)o1. The van der Waals surface area contributed by atoms with Gasteiger partial charge in [0.25, 0.3) is 0 Å². The summed E-state index contributed by atoms with van der Waals surface area (Å²) in [4.78, 5) is 23.6. The van der Waals surface area contributed by atoms with Crippen molar-refractivity contribution in [2.24, 2.45) is 0 Å². The molecule has 0 aliphatic carbocycles. The molecule has 122 valence electrons. The number of benzene rings is 1.